The minimum atomic E-state index is -3.52. The van der Waals surface area contributed by atoms with Crippen molar-refractivity contribution in [3.8, 4) is 0 Å². The molecule has 1 N–H and O–H groups in total. The fraction of sp³-hybridized carbons (Fsp3) is 0.455. The Morgan fingerprint density at radius 1 is 1.00 bits per heavy atom. The Morgan fingerprint density at radius 2 is 1.72 bits per heavy atom. The lowest BCUT2D eigenvalue weighted by Gasteiger charge is -2.38. The maximum absolute atomic E-state index is 13.1. The number of likely N-dealkylation sites (tertiary alicyclic amines) is 2. The fourth-order valence-electron chi connectivity index (χ4n) is 4.31. The molecule has 4 rings (SSSR count). The van der Waals surface area contributed by atoms with Gasteiger partial charge in [0.2, 0.25) is 15.9 Å². The van der Waals surface area contributed by atoms with Crippen molar-refractivity contribution in [1.82, 2.24) is 14.5 Å². The van der Waals surface area contributed by atoms with Crippen molar-refractivity contribution in [2.24, 2.45) is 5.92 Å². The van der Waals surface area contributed by atoms with Crippen LogP contribution in [0.3, 0.4) is 0 Å². The number of halogens is 1. The predicted molar refractivity (Wildman–Crippen MR) is 119 cm³/mol. The largest absolute Gasteiger partial charge is 0.342 e. The van der Waals surface area contributed by atoms with Crippen molar-refractivity contribution in [1.29, 1.82) is 0 Å². The van der Waals surface area contributed by atoms with Crippen molar-refractivity contribution < 1.29 is 22.4 Å². The van der Waals surface area contributed by atoms with E-state index in [-0.39, 0.29) is 23.8 Å². The predicted octanol–water partition coefficient (Wildman–Crippen LogP) is 2.71. The van der Waals surface area contributed by atoms with Gasteiger partial charge in [-0.25, -0.2) is 17.5 Å². The quantitative estimate of drug-likeness (QED) is 0.715. The second kappa shape index (κ2) is 9.68. The Morgan fingerprint density at radius 3 is 2.38 bits per heavy atom. The zero-order chi connectivity index (χ0) is 22.7. The van der Waals surface area contributed by atoms with E-state index in [4.69, 9.17) is 0 Å². The number of amides is 2. The highest BCUT2D eigenvalue weighted by Gasteiger charge is 2.34. The highest BCUT2D eigenvalue weighted by Crippen LogP contribution is 2.24. The van der Waals surface area contributed by atoms with Crippen molar-refractivity contribution >= 4 is 33.2 Å². The molecule has 2 aromatic rings. The van der Waals surface area contributed by atoms with Crippen molar-refractivity contribution in [3.05, 3.63) is 53.2 Å². The second-order valence-electron chi connectivity index (χ2n) is 8.25. The number of rotatable bonds is 5. The van der Waals surface area contributed by atoms with Gasteiger partial charge < -0.3 is 9.80 Å². The molecular weight excluding hydrogens is 453 g/mol. The fourth-order valence-corrected chi connectivity index (χ4v) is 6.62. The minimum absolute atomic E-state index is 0.0150. The summed E-state index contributed by atoms with van der Waals surface area (Å²) in [5, 5.41) is 1.73. The molecule has 2 amide bonds. The summed E-state index contributed by atoms with van der Waals surface area (Å²) in [4.78, 5) is 29.3. The lowest BCUT2D eigenvalue weighted by Crippen LogP contribution is -2.51. The number of thiophene rings is 1. The molecule has 2 fully saturated rings. The van der Waals surface area contributed by atoms with Gasteiger partial charge in [-0.3, -0.25) is 9.59 Å². The zero-order valence-electron chi connectivity index (χ0n) is 17.6. The Kier molecular flexibility index (Phi) is 6.92. The Balaban J connectivity index is 1.31. The molecule has 0 spiro atoms. The first-order valence-corrected chi connectivity index (χ1v) is 13.1. The topological polar surface area (TPSA) is 86.8 Å². The van der Waals surface area contributed by atoms with E-state index in [0.29, 0.717) is 48.8 Å². The summed E-state index contributed by atoms with van der Waals surface area (Å²) in [6.45, 7) is 1.89. The molecule has 3 heterocycles. The number of nitrogens with one attached hydrogen (secondary N) is 1. The van der Waals surface area contributed by atoms with E-state index in [0.717, 1.165) is 12.8 Å². The molecule has 0 radical (unpaired) electrons. The first kappa shape index (κ1) is 22.9. The number of piperidine rings is 2. The van der Waals surface area contributed by atoms with Crippen molar-refractivity contribution in [3.63, 3.8) is 0 Å². The summed E-state index contributed by atoms with van der Waals surface area (Å²) in [5.74, 6) is -0.841. The van der Waals surface area contributed by atoms with Crippen molar-refractivity contribution in [2.75, 3.05) is 26.2 Å². The number of carbonyl (C=O) groups is 2. The van der Waals surface area contributed by atoms with Crippen molar-refractivity contribution in [2.45, 2.75) is 35.9 Å². The van der Waals surface area contributed by atoms with Crippen LogP contribution in [0, 0.1) is 11.7 Å². The van der Waals surface area contributed by atoms with Gasteiger partial charge >= 0.3 is 0 Å². The Labute approximate surface area is 191 Å². The monoisotopic (exact) mass is 479 g/mol. The molecule has 1 aromatic heterocycles. The number of carbonyl (C=O) groups excluding carboxylic acids is 2. The molecule has 0 bridgehead atoms. The van der Waals surface area contributed by atoms with Gasteiger partial charge in [-0.15, -0.1) is 11.3 Å². The van der Waals surface area contributed by atoms with Gasteiger partial charge in [0, 0.05) is 37.8 Å². The van der Waals surface area contributed by atoms with Gasteiger partial charge in [0.15, 0.2) is 0 Å². The van der Waals surface area contributed by atoms with E-state index in [1.165, 1.54) is 35.6 Å². The van der Waals surface area contributed by atoms with Crippen LogP contribution in [0.2, 0.25) is 0 Å². The van der Waals surface area contributed by atoms with E-state index in [2.05, 4.69) is 4.72 Å². The number of sulfonamides is 1. The summed E-state index contributed by atoms with van der Waals surface area (Å²) in [7, 11) is -3.52. The van der Waals surface area contributed by atoms with Gasteiger partial charge in [0.1, 0.15) is 10.0 Å². The van der Waals surface area contributed by atoms with E-state index in [9.17, 15) is 22.4 Å². The minimum Gasteiger partial charge on any atom is -0.342 e. The number of benzene rings is 1. The van der Waals surface area contributed by atoms with E-state index in [1.54, 1.807) is 27.3 Å². The normalized spacial score (nSPS) is 20.3. The Bertz CT molecular complexity index is 1050. The second-order valence-corrected chi connectivity index (χ2v) is 11.1. The standard InChI is InChI=1S/C22H26FN3O4S2/c23-18-7-5-16(6-8-18)21(27)26-11-1-3-17(15-26)22(28)25-12-9-19(10-13-25)24-32(29,30)20-4-2-14-31-20/h2,4-8,14,17,19,24H,1,3,9-13,15H2/t17-/m0/s1. The van der Waals surface area contributed by atoms with Crippen LogP contribution in [-0.4, -0.2) is 62.3 Å². The lowest BCUT2D eigenvalue weighted by molar-refractivity contribution is -0.138. The summed E-state index contributed by atoms with van der Waals surface area (Å²) in [6, 6.07) is 8.53. The maximum atomic E-state index is 13.1. The molecule has 32 heavy (non-hydrogen) atoms. The smallest absolute Gasteiger partial charge is 0.253 e. The average molecular weight is 480 g/mol. The van der Waals surface area contributed by atoms with E-state index < -0.39 is 15.8 Å². The van der Waals surface area contributed by atoms with Crippen LogP contribution in [0.15, 0.2) is 46.0 Å². The molecule has 0 unspecified atom stereocenters. The van der Waals surface area contributed by atoms with Crippen LogP contribution in [0.5, 0.6) is 0 Å². The molecule has 172 valence electrons. The molecule has 0 saturated carbocycles. The maximum Gasteiger partial charge on any atom is 0.253 e. The third-order valence-corrected chi connectivity index (χ3v) is 8.96. The summed E-state index contributed by atoms with van der Waals surface area (Å²) >= 11 is 1.18. The zero-order valence-corrected chi connectivity index (χ0v) is 19.2. The average Bonchev–Trinajstić information content (AvgIpc) is 3.35. The summed E-state index contributed by atoms with van der Waals surface area (Å²) in [6.07, 6.45) is 2.57. The molecule has 2 aliphatic heterocycles. The number of nitrogens with zero attached hydrogens (tertiary/aromatic N) is 2. The van der Waals surface area contributed by atoms with E-state index in [1.807, 2.05) is 0 Å². The van der Waals surface area contributed by atoms with Gasteiger partial charge in [-0.1, -0.05) is 6.07 Å². The van der Waals surface area contributed by atoms with Crippen LogP contribution in [0.4, 0.5) is 4.39 Å². The number of hydrogen-bond acceptors (Lipinski definition) is 5. The van der Waals surface area contributed by atoms with Crippen LogP contribution in [0.1, 0.15) is 36.0 Å². The molecule has 1 aromatic carbocycles. The molecule has 1 atom stereocenters. The van der Waals surface area contributed by atoms with Gasteiger partial charge in [-0.05, 0) is 61.4 Å². The summed E-state index contributed by atoms with van der Waals surface area (Å²) < 4.78 is 41.0. The molecule has 2 saturated heterocycles. The first-order chi connectivity index (χ1) is 15.3. The highest BCUT2D eigenvalue weighted by molar-refractivity contribution is 7.91. The molecule has 0 aliphatic carbocycles. The van der Waals surface area contributed by atoms with Crippen LogP contribution < -0.4 is 4.72 Å². The van der Waals surface area contributed by atoms with Crippen LogP contribution >= 0.6 is 11.3 Å². The molecule has 7 nitrogen and oxygen atoms in total. The third kappa shape index (κ3) is 5.19. The lowest BCUT2D eigenvalue weighted by atomic mass is 9.94. The van der Waals surface area contributed by atoms with Gasteiger partial charge in [-0.2, -0.15) is 0 Å². The molecular formula is C22H26FN3O4S2. The third-order valence-electron chi connectivity index (χ3n) is 6.04. The SMILES string of the molecule is O=C(c1ccc(F)cc1)N1CCC[C@H](C(=O)N2CCC(NS(=O)(=O)c3cccs3)CC2)C1. The van der Waals surface area contributed by atoms with Crippen LogP contribution in [-0.2, 0) is 14.8 Å². The number of hydrogen-bond donors (Lipinski definition) is 1. The first-order valence-electron chi connectivity index (χ1n) is 10.7. The van der Waals surface area contributed by atoms with Crippen LogP contribution in [0.25, 0.3) is 0 Å². The van der Waals surface area contributed by atoms with Gasteiger partial charge in [0.05, 0.1) is 5.92 Å². The van der Waals surface area contributed by atoms with E-state index >= 15 is 0 Å². The van der Waals surface area contributed by atoms with Gasteiger partial charge in [0.25, 0.3) is 5.91 Å². The molecule has 2 aliphatic rings. The Hall–Kier alpha value is -2.30. The summed E-state index contributed by atoms with van der Waals surface area (Å²) in [5.41, 5.74) is 0.415. The molecule has 10 heteroatoms. The highest BCUT2D eigenvalue weighted by atomic mass is 32.2.